The predicted molar refractivity (Wildman–Crippen MR) is 68.3 cm³/mol. The number of hydrogen-bond donors (Lipinski definition) is 2. The van der Waals surface area contributed by atoms with Crippen molar-refractivity contribution < 1.29 is 14.5 Å². The van der Waals surface area contributed by atoms with Crippen LogP contribution < -0.4 is 15.8 Å². The van der Waals surface area contributed by atoms with Crippen LogP contribution in [0.5, 0.6) is 5.75 Å². The quantitative estimate of drug-likeness (QED) is 0.596. The van der Waals surface area contributed by atoms with Crippen LogP contribution in [0.1, 0.15) is 0 Å². The molecule has 0 fully saturated rings. The Bertz CT molecular complexity index is 466. The van der Waals surface area contributed by atoms with Crippen molar-refractivity contribution in [1.29, 1.82) is 0 Å². The van der Waals surface area contributed by atoms with Gasteiger partial charge in [-0.25, -0.2) is 0 Å². The zero-order chi connectivity index (χ0) is 13.7. The molecule has 8 heteroatoms. The van der Waals surface area contributed by atoms with Crippen LogP contribution in [-0.2, 0) is 4.79 Å². The van der Waals surface area contributed by atoms with Crippen LogP contribution >= 0.6 is 15.9 Å². The Morgan fingerprint density at radius 1 is 1.67 bits per heavy atom. The first-order chi connectivity index (χ1) is 8.47. The van der Waals surface area contributed by atoms with E-state index in [2.05, 4.69) is 21.2 Å². The minimum Gasteiger partial charge on any atom is -0.484 e. The highest BCUT2D eigenvalue weighted by molar-refractivity contribution is 9.10. The maximum absolute atomic E-state index is 11.0. The number of nitrogens with zero attached hydrogens (tertiary/aromatic N) is 1. The number of ether oxygens (including phenoxy) is 1. The number of carbonyl (C=O) groups excluding carboxylic acids is 1. The van der Waals surface area contributed by atoms with E-state index < -0.39 is 16.9 Å². The van der Waals surface area contributed by atoms with Gasteiger partial charge in [0.1, 0.15) is 12.6 Å². The van der Waals surface area contributed by atoms with E-state index in [0.29, 0.717) is 4.47 Å². The second kappa shape index (κ2) is 6.31. The number of nitrogens with two attached hydrogens (primary N) is 1. The number of nitro benzene ring substituents is 1. The molecular weight excluding hydrogens is 306 g/mol. The van der Waals surface area contributed by atoms with Crippen LogP contribution in [0, 0.1) is 10.1 Å². The summed E-state index contributed by atoms with van der Waals surface area (Å²) in [6.07, 6.45) is 0. The van der Waals surface area contributed by atoms with E-state index in [9.17, 15) is 14.9 Å². The molecule has 0 aliphatic rings. The molecule has 1 amide bonds. The molecular formula is C10H12BrN3O4. The van der Waals surface area contributed by atoms with Gasteiger partial charge in [-0.3, -0.25) is 14.9 Å². The zero-order valence-electron chi connectivity index (χ0n) is 9.55. The van der Waals surface area contributed by atoms with E-state index in [-0.39, 0.29) is 18.0 Å². The number of nitro groups is 1. The normalized spacial score (nSPS) is 11.9. The maximum atomic E-state index is 11.0. The average molecular weight is 318 g/mol. The van der Waals surface area contributed by atoms with Crippen molar-refractivity contribution in [2.45, 2.75) is 6.04 Å². The van der Waals surface area contributed by atoms with Gasteiger partial charge in [-0.1, -0.05) is 6.07 Å². The number of nitrogens with one attached hydrogen (secondary N) is 1. The van der Waals surface area contributed by atoms with Gasteiger partial charge in [0.25, 0.3) is 0 Å². The Labute approximate surface area is 112 Å². The lowest BCUT2D eigenvalue weighted by Crippen LogP contribution is -2.43. The molecule has 0 radical (unpaired) electrons. The molecule has 3 N–H and O–H groups in total. The van der Waals surface area contributed by atoms with Crippen molar-refractivity contribution in [3.63, 3.8) is 0 Å². The molecule has 0 aromatic heterocycles. The van der Waals surface area contributed by atoms with Gasteiger partial charge in [0.15, 0.2) is 0 Å². The Kier molecular flexibility index (Phi) is 5.05. The number of carbonyl (C=O) groups is 1. The van der Waals surface area contributed by atoms with Crippen molar-refractivity contribution in [1.82, 2.24) is 5.32 Å². The lowest BCUT2D eigenvalue weighted by Gasteiger charge is -2.14. The zero-order valence-corrected chi connectivity index (χ0v) is 11.1. The van der Waals surface area contributed by atoms with Gasteiger partial charge in [0.05, 0.1) is 9.40 Å². The van der Waals surface area contributed by atoms with Gasteiger partial charge in [-0.15, -0.1) is 0 Å². The van der Waals surface area contributed by atoms with Crippen LogP contribution in [0.4, 0.5) is 5.69 Å². The van der Waals surface area contributed by atoms with Crippen molar-refractivity contribution in [2.75, 3.05) is 13.7 Å². The summed E-state index contributed by atoms with van der Waals surface area (Å²) in [5.74, 6) is -0.517. The first kappa shape index (κ1) is 14.4. The molecule has 0 saturated heterocycles. The van der Waals surface area contributed by atoms with Crippen molar-refractivity contribution in [2.24, 2.45) is 5.73 Å². The number of halogens is 1. The number of likely N-dealkylation sites (N-methyl/N-ethyl adjacent to an activating group) is 1. The molecule has 1 aromatic rings. The number of amides is 1. The molecule has 1 atom stereocenters. The smallest absolute Gasteiger partial charge is 0.312 e. The van der Waals surface area contributed by atoms with Crippen molar-refractivity contribution in [3.05, 3.63) is 32.8 Å². The SMILES string of the molecule is CNC(COc1c(Br)cccc1[N+](=O)[O-])C(N)=O. The topological polar surface area (TPSA) is 107 Å². The van der Waals surface area contributed by atoms with Crippen molar-refractivity contribution >= 4 is 27.5 Å². The third kappa shape index (κ3) is 3.41. The maximum Gasteiger partial charge on any atom is 0.312 e. The highest BCUT2D eigenvalue weighted by atomic mass is 79.9. The summed E-state index contributed by atoms with van der Waals surface area (Å²) in [4.78, 5) is 21.3. The fraction of sp³-hybridized carbons (Fsp3) is 0.300. The average Bonchev–Trinajstić information content (AvgIpc) is 2.30. The van der Waals surface area contributed by atoms with Gasteiger partial charge >= 0.3 is 5.69 Å². The van der Waals surface area contributed by atoms with E-state index >= 15 is 0 Å². The summed E-state index contributed by atoms with van der Waals surface area (Å²) < 4.78 is 5.73. The van der Waals surface area contributed by atoms with Gasteiger partial charge in [0.2, 0.25) is 11.7 Å². The second-order valence-electron chi connectivity index (χ2n) is 3.40. The summed E-state index contributed by atoms with van der Waals surface area (Å²) >= 11 is 3.16. The van der Waals surface area contributed by atoms with E-state index in [1.165, 1.54) is 12.1 Å². The molecule has 0 spiro atoms. The number of hydrogen-bond acceptors (Lipinski definition) is 5. The van der Waals surface area contributed by atoms with E-state index in [1.54, 1.807) is 13.1 Å². The molecule has 1 unspecified atom stereocenters. The number of benzene rings is 1. The van der Waals surface area contributed by atoms with Gasteiger partial charge < -0.3 is 15.8 Å². The van der Waals surface area contributed by atoms with Gasteiger partial charge in [-0.2, -0.15) is 0 Å². The molecule has 1 rings (SSSR count). The highest BCUT2D eigenvalue weighted by Gasteiger charge is 2.20. The first-order valence-corrected chi connectivity index (χ1v) is 5.79. The summed E-state index contributed by atoms with van der Waals surface area (Å²) in [6, 6.07) is 3.75. The third-order valence-corrected chi connectivity index (χ3v) is 2.85. The first-order valence-electron chi connectivity index (χ1n) is 4.99. The fourth-order valence-corrected chi connectivity index (χ4v) is 1.73. The van der Waals surface area contributed by atoms with Crippen LogP contribution in [0.25, 0.3) is 0 Å². The summed E-state index contributed by atoms with van der Waals surface area (Å²) in [7, 11) is 1.55. The van der Waals surface area contributed by atoms with E-state index in [1.807, 2.05) is 0 Å². The standard InChI is InChI=1S/C10H12BrN3O4/c1-13-7(10(12)15)5-18-9-6(11)3-2-4-8(9)14(16)17/h2-4,7,13H,5H2,1H3,(H2,12,15). The summed E-state index contributed by atoms with van der Waals surface area (Å²) in [6.45, 7) is -0.0880. The third-order valence-electron chi connectivity index (χ3n) is 2.23. The van der Waals surface area contributed by atoms with E-state index in [0.717, 1.165) is 0 Å². The molecule has 98 valence electrons. The minimum atomic E-state index is -0.711. The molecule has 0 aliphatic carbocycles. The monoisotopic (exact) mass is 317 g/mol. The Morgan fingerprint density at radius 3 is 2.83 bits per heavy atom. The Balaban J connectivity index is 2.90. The lowest BCUT2D eigenvalue weighted by molar-refractivity contribution is -0.386. The molecule has 18 heavy (non-hydrogen) atoms. The minimum absolute atomic E-state index is 0.0731. The van der Waals surface area contributed by atoms with E-state index in [4.69, 9.17) is 10.5 Å². The van der Waals surface area contributed by atoms with Gasteiger partial charge in [-0.05, 0) is 29.0 Å². The lowest BCUT2D eigenvalue weighted by atomic mass is 10.3. The number of rotatable bonds is 6. The second-order valence-corrected chi connectivity index (χ2v) is 4.25. The van der Waals surface area contributed by atoms with Crippen LogP contribution in [-0.4, -0.2) is 30.5 Å². The van der Waals surface area contributed by atoms with Crippen LogP contribution in [0.3, 0.4) is 0 Å². The Hall–Kier alpha value is -1.67. The molecule has 7 nitrogen and oxygen atoms in total. The molecule has 0 saturated carbocycles. The molecule has 1 aromatic carbocycles. The summed E-state index contributed by atoms with van der Waals surface area (Å²) in [5.41, 5.74) is 4.94. The Morgan fingerprint density at radius 2 is 2.33 bits per heavy atom. The predicted octanol–water partition coefficient (Wildman–Crippen LogP) is 0.809. The molecule has 0 bridgehead atoms. The van der Waals surface area contributed by atoms with Crippen LogP contribution in [0.15, 0.2) is 22.7 Å². The van der Waals surface area contributed by atoms with Gasteiger partial charge in [0, 0.05) is 6.07 Å². The van der Waals surface area contributed by atoms with Crippen LogP contribution in [0.2, 0.25) is 0 Å². The molecule has 0 heterocycles. The largest absolute Gasteiger partial charge is 0.484 e. The number of primary amides is 1. The highest BCUT2D eigenvalue weighted by Crippen LogP contribution is 2.34. The number of para-hydroxylation sites is 1. The van der Waals surface area contributed by atoms with Crippen molar-refractivity contribution in [3.8, 4) is 5.75 Å². The fourth-order valence-electron chi connectivity index (χ4n) is 1.26. The molecule has 0 aliphatic heterocycles. The summed E-state index contributed by atoms with van der Waals surface area (Å²) in [5, 5.41) is 13.5.